The van der Waals surface area contributed by atoms with Gasteiger partial charge in [-0.1, -0.05) is 20.8 Å². The maximum Gasteiger partial charge on any atom is 0.409 e. The molecule has 2 fully saturated rings. The lowest BCUT2D eigenvalue weighted by atomic mass is 10.1. The van der Waals surface area contributed by atoms with Crippen LogP contribution in [-0.2, 0) is 21.3 Å². The van der Waals surface area contributed by atoms with Gasteiger partial charge in [0.15, 0.2) is 0 Å². The molecule has 0 N–H and O–H groups in total. The number of ether oxygens (including phenoxy) is 2. The lowest BCUT2D eigenvalue weighted by Gasteiger charge is -1.99. The molecule has 3 rings (SSSR count). The number of cyclic esters (lactones) is 2. The molecule has 1 amide bonds. The summed E-state index contributed by atoms with van der Waals surface area (Å²) in [6.45, 7) is 12.1. The number of hydrogen-bond donors (Lipinski definition) is 0. The van der Waals surface area contributed by atoms with E-state index >= 15 is 0 Å². The van der Waals surface area contributed by atoms with E-state index < -0.39 is 0 Å². The molecular weight excluding hydrogens is 340 g/mol. The third-order valence-electron chi connectivity index (χ3n) is 3.47. The predicted molar refractivity (Wildman–Crippen MR) is 97.9 cm³/mol. The molecule has 0 bridgehead atoms. The number of esters is 1. The van der Waals surface area contributed by atoms with Gasteiger partial charge in [-0.3, -0.25) is 4.79 Å². The Bertz CT molecular complexity index is 593. The van der Waals surface area contributed by atoms with Crippen molar-refractivity contribution in [1.82, 2.24) is 9.64 Å². The molecule has 1 aromatic rings. The Morgan fingerprint density at radius 2 is 1.58 bits per heavy atom. The fourth-order valence-corrected chi connectivity index (χ4v) is 2.27. The van der Waals surface area contributed by atoms with E-state index in [2.05, 4.69) is 4.52 Å². The zero-order valence-corrected chi connectivity index (χ0v) is 17.1. The fourth-order valence-electron chi connectivity index (χ4n) is 2.27. The van der Waals surface area contributed by atoms with Crippen molar-refractivity contribution >= 4 is 12.1 Å². The lowest BCUT2D eigenvalue weighted by Crippen LogP contribution is -2.18. The van der Waals surface area contributed by atoms with Gasteiger partial charge in [-0.25, -0.2) is 14.3 Å². The Balaban J connectivity index is 0.000000344. The van der Waals surface area contributed by atoms with Gasteiger partial charge in [0.25, 0.3) is 0 Å². The largest absolute Gasteiger partial charge is 0.462 e. The predicted octanol–water partition coefficient (Wildman–Crippen LogP) is 2.73. The van der Waals surface area contributed by atoms with Crippen LogP contribution in [0.3, 0.4) is 0 Å². The average molecular weight is 372 g/mol. The summed E-state index contributed by atoms with van der Waals surface area (Å²) < 4.78 is 15.6. The molecule has 150 valence electrons. The molecule has 1 aromatic heterocycles. The number of amides is 1. The van der Waals surface area contributed by atoms with E-state index in [0.717, 1.165) is 13.0 Å². The molecule has 1 unspecified atom stereocenters. The first-order chi connectivity index (χ1) is 12.1. The van der Waals surface area contributed by atoms with E-state index in [1.54, 1.807) is 32.1 Å². The second-order valence-electron chi connectivity index (χ2n) is 6.20. The van der Waals surface area contributed by atoms with E-state index in [4.69, 9.17) is 9.47 Å². The van der Waals surface area contributed by atoms with Crippen LogP contribution in [0.1, 0.15) is 46.6 Å². The van der Waals surface area contributed by atoms with Gasteiger partial charge in [-0.15, -0.1) is 0 Å². The molecule has 0 saturated carbocycles. The van der Waals surface area contributed by atoms with Crippen LogP contribution in [0.2, 0.25) is 0 Å². The average Bonchev–Trinajstić information content (AvgIpc) is 3.12. The zero-order valence-electron chi connectivity index (χ0n) is 17.1. The van der Waals surface area contributed by atoms with E-state index in [1.165, 1.54) is 4.74 Å². The molecule has 0 aliphatic carbocycles. The molecule has 8 heteroatoms. The third kappa shape index (κ3) is 8.22. The maximum atomic E-state index is 10.6. The summed E-state index contributed by atoms with van der Waals surface area (Å²) in [5.74, 6) is 0.0856. The standard InChI is InChI=1S/C6H10O2.C5H9NO2.C5H7NO2.C2H6/c1-4-3-5(2)8-6(4)7;1-4-3-6(2)5(7)8-4;1-4-3-6(2)8-5(4)7;1-2/h4-5H,3H2,1-2H3;4H,3H2,1-2H3;3H,1-2H3;1-2H3/t4?,5-;4-;;/m00../s1. The minimum atomic E-state index is -0.257. The van der Waals surface area contributed by atoms with Crippen LogP contribution in [0.15, 0.2) is 15.5 Å². The van der Waals surface area contributed by atoms with Gasteiger partial charge in [0.05, 0.1) is 24.1 Å². The summed E-state index contributed by atoms with van der Waals surface area (Å²) in [7, 11) is 3.40. The van der Waals surface area contributed by atoms with E-state index in [0.29, 0.717) is 5.56 Å². The zero-order chi connectivity index (χ0) is 20.4. The van der Waals surface area contributed by atoms with Crippen LogP contribution in [0.5, 0.6) is 0 Å². The Hall–Kier alpha value is -2.25. The molecule has 26 heavy (non-hydrogen) atoms. The van der Waals surface area contributed by atoms with Crippen molar-refractivity contribution in [3.05, 3.63) is 22.2 Å². The maximum absolute atomic E-state index is 10.6. The van der Waals surface area contributed by atoms with Crippen molar-refractivity contribution in [2.45, 2.75) is 60.2 Å². The number of likely N-dealkylation sites (N-methyl/N-ethyl adjacent to an activating group) is 1. The van der Waals surface area contributed by atoms with Crippen LogP contribution >= 0.6 is 0 Å². The minimum Gasteiger partial charge on any atom is -0.462 e. The van der Waals surface area contributed by atoms with Gasteiger partial charge in [0.2, 0.25) is 0 Å². The Labute approximate surface area is 155 Å². The SMILES string of the molecule is CC.CC1C[C@H](C)OC1=O.C[C@H]1CN(C)C(=O)O1.Cc1cn(C)oc1=O. The number of aromatic nitrogens is 1. The molecule has 8 nitrogen and oxygen atoms in total. The van der Waals surface area contributed by atoms with Gasteiger partial charge in [-0.2, -0.15) is 0 Å². The molecule has 3 atom stereocenters. The van der Waals surface area contributed by atoms with Gasteiger partial charge in [0, 0.05) is 20.3 Å². The Morgan fingerprint density at radius 3 is 1.69 bits per heavy atom. The second-order valence-corrected chi connectivity index (χ2v) is 6.20. The van der Waals surface area contributed by atoms with Gasteiger partial charge in [0.1, 0.15) is 6.10 Å². The number of carbonyl (C=O) groups excluding carboxylic acids is 2. The van der Waals surface area contributed by atoms with Crippen LogP contribution < -0.4 is 5.63 Å². The van der Waals surface area contributed by atoms with Crippen LogP contribution in [0.4, 0.5) is 4.79 Å². The van der Waals surface area contributed by atoms with Crippen molar-refractivity contribution in [3.63, 3.8) is 0 Å². The Morgan fingerprint density at radius 1 is 1.00 bits per heavy atom. The van der Waals surface area contributed by atoms with Gasteiger partial charge >= 0.3 is 17.7 Å². The molecule has 2 aliphatic rings. The minimum absolute atomic E-state index is 0.0440. The summed E-state index contributed by atoms with van der Waals surface area (Å²) in [5.41, 5.74) is 0.389. The number of hydrogen-bond acceptors (Lipinski definition) is 6. The van der Waals surface area contributed by atoms with Gasteiger partial charge < -0.3 is 18.9 Å². The summed E-state index contributed by atoms with van der Waals surface area (Å²) in [6.07, 6.45) is 2.55. The highest BCUT2D eigenvalue weighted by Crippen LogP contribution is 2.18. The fraction of sp³-hybridized carbons (Fsp3) is 0.722. The normalized spacial score (nSPS) is 23.5. The molecule has 0 radical (unpaired) electrons. The Kier molecular flexibility index (Phi) is 10.4. The lowest BCUT2D eigenvalue weighted by molar-refractivity contribution is -0.143. The van der Waals surface area contributed by atoms with Crippen molar-refractivity contribution in [2.75, 3.05) is 13.6 Å². The molecule has 2 saturated heterocycles. The molecular formula is C18H32N2O6. The smallest absolute Gasteiger partial charge is 0.409 e. The van der Waals surface area contributed by atoms with Crippen LogP contribution in [0, 0.1) is 12.8 Å². The molecule has 0 aromatic carbocycles. The van der Waals surface area contributed by atoms with Crippen LogP contribution in [-0.4, -0.2) is 47.5 Å². The quantitative estimate of drug-likeness (QED) is 0.650. The first-order valence-corrected chi connectivity index (χ1v) is 8.86. The van der Waals surface area contributed by atoms with Crippen molar-refractivity contribution < 1.29 is 23.6 Å². The summed E-state index contributed by atoms with van der Waals surface area (Å²) >= 11 is 0. The highest BCUT2D eigenvalue weighted by Gasteiger charge is 2.27. The van der Waals surface area contributed by atoms with Crippen molar-refractivity contribution in [3.8, 4) is 0 Å². The van der Waals surface area contributed by atoms with Crippen LogP contribution in [0.25, 0.3) is 0 Å². The number of nitrogens with zero attached hydrogens (tertiary/aromatic N) is 2. The first kappa shape index (κ1) is 23.8. The van der Waals surface area contributed by atoms with E-state index in [1.807, 2.05) is 34.6 Å². The highest BCUT2D eigenvalue weighted by atomic mass is 16.6. The topological polar surface area (TPSA) is 91.0 Å². The summed E-state index contributed by atoms with van der Waals surface area (Å²) in [4.78, 5) is 33.1. The molecule has 0 spiro atoms. The highest BCUT2D eigenvalue weighted by molar-refractivity contribution is 5.74. The van der Waals surface area contributed by atoms with Crippen molar-refractivity contribution in [1.29, 1.82) is 0 Å². The number of rotatable bonds is 0. The third-order valence-corrected chi connectivity index (χ3v) is 3.47. The van der Waals surface area contributed by atoms with E-state index in [-0.39, 0.29) is 35.8 Å². The summed E-state index contributed by atoms with van der Waals surface area (Å²) in [6, 6.07) is 0. The first-order valence-electron chi connectivity index (χ1n) is 8.86. The monoisotopic (exact) mass is 372 g/mol. The summed E-state index contributed by atoms with van der Waals surface area (Å²) in [5, 5.41) is 0. The van der Waals surface area contributed by atoms with Crippen molar-refractivity contribution in [2.24, 2.45) is 13.0 Å². The number of carbonyl (C=O) groups is 2. The molecule has 2 aliphatic heterocycles. The molecule has 3 heterocycles. The number of aryl methyl sites for hydroxylation is 2. The second kappa shape index (κ2) is 11.4. The van der Waals surface area contributed by atoms with E-state index in [9.17, 15) is 14.4 Å². The van der Waals surface area contributed by atoms with Gasteiger partial charge in [-0.05, 0) is 27.2 Å².